The number of hydrogen-bond acceptors (Lipinski definition) is 4. The van der Waals surface area contributed by atoms with Crippen molar-refractivity contribution in [2.75, 3.05) is 20.3 Å². The number of fused-ring (bicyclic) bond motifs is 1. The number of pyridine rings is 1. The molecule has 1 amide bonds. The molecule has 3 aromatic rings. The molecular weight excluding hydrogens is 316 g/mol. The van der Waals surface area contributed by atoms with Gasteiger partial charge in [-0.3, -0.25) is 9.78 Å². The first kappa shape index (κ1) is 16.8. The highest BCUT2D eigenvalue weighted by atomic mass is 16.5. The van der Waals surface area contributed by atoms with Crippen LogP contribution in [-0.4, -0.2) is 31.2 Å². The highest BCUT2D eigenvalue weighted by molar-refractivity contribution is 5.80. The van der Waals surface area contributed by atoms with E-state index in [2.05, 4.69) is 10.3 Å². The highest BCUT2D eigenvalue weighted by Gasteiger charge is 2.05. The number of nitrogens with one attached hydrogen (secondary N) is 1. The first-order valence-electron chi connectivity index (χ1n) is 8.12. The lowest BCUT2D eigenvalue weighted by Gasteiger charge is -2.10. The van der Waals surface area contributed by atoms with E-state index in [1.165, 1.54) is 0 Å². The average Bonchev–Trinajstić information content (AvgIpc) is 2.66. The molecule has 128 valence electrons. The lowest BCUT2D eigenvalue weighted by Crippen LogP contribution is -2.30. The summed E-state index contributed by atoms with van der Waals surface area (Å²) in [7, 11) is 1.64. The Kier molecular flexibility index (Phi) is 5.46. The second-order valence-corrected chi connectivity index (χ2v) is 5.56. The summed E-state index contributed by atoms with van der Waals surface area (Å²) in [5.74, 6) is 1.33. The Morgan fingerprint density at radius 3 is 2.88 bits per heavy atom. The molecule has 25 heavy (non-hydrogen) atoms. The number of hydrogen-bond donors (Lipinski definition) is 1. The minimum Gasteiger partial charge on any atom is -0.496 e. The third-order valence-corrected chi connectivity index (χ3v) is 3.85. The molecule has 0 atom stereocenters. The Hall–Kier alpha value is -3.08. The molecule has 0 aliphatic carbocycles. The van der Waals surface area contributed by atoms with E-state index in [9.17, 15) is 4.79 Å². The maximum absolute atomic E-state index is 11.9. The van der Waals surface area contributed by atoms with Crippen LogP contribution in [0.3, 0.4) is 0 Å². The SMILES string of the molecule is COc1ccccc1CCNC(=O)COc1ccc2ncccc2c1. The van der Waals surface area contributed by atoms with Gasteiger partial charge in [0.05, 0.1) is 12.6 Å². The fourth-order valence-corrected chi connectivity index (χ4v) is 2.59. The lowest BCUT2D eigenvalue weighted by atomic mass is 10.1. The number of rotatable bonds is 7. The Balaban J connectivity index is 1.47. The highest BCUT2D eigenvalue weighted by Crippen LogP contribution is 2.19. The zero-order valence-electron chi connectivity index (χ0n) is 14.1. The second kappa shape index (κ2) is 8.15. The first-order valence-corrected chi connectivity index (χ1v) is 8.12. The third kappa shape index (κ3) is 4.47. The van der Waals surface area contributed by atoms with E-state index in [0.717, 1.165) is 22.2 Å². The molecule has 0 fully saturated rings. The van der Waals surface area contributed by atoms with Crippen molar-refractivity contribution in [2.24, 2.45) is 0 Å². The summed E-state index contributed by atoms with van der Waals surface area (Å²) in [4.78, 5) is 16.2. The molecule has 1 aromatic heterocycles. The molecule has 5 nitrogen and oxygen atoms in total. The van der Waals surface area contributed by atoms with Gasteiger partial charge in [-0.15, -0.1) is 0 Å². The molecule has 1 N–H and O–H groups in total. The van der Waals surface area contributed by atoms with E-state index < -0.39 is 0 Å². The predicted molar refractivity (Wildman–Crippen MR) is 96.9 cm³/mol. The van der Waals surface area contributed by atoms with Crippen molar-refractivity contribution >= 4 is 16.8 Å². The number of nitrogens with zero attached hydrogens (tertiary/aromatic N) is 1. The van der Waals surface area contributed by atoms with E-state index in [0.29, 0.717) is 18.7 Å². The smallest absolute Gasteiger partial charge is 0.257 e. The summed E-state index contributed by atoms with van der Waals surface area (Å²) in [6.07, 6.45) is 2.45. The van der Waals surface area contributed by atoms with Crippen LogP contribution in [0.4, 0.5) is 0 Å². The van der Waals surface area contributed by atoms with Gasteiger partial charge in [-0.25, -0.2) is 0 Å². The molecule has 0 bridgehead atoms. The van der Waals surface area contributed by atoms with Crippen LogP contribution in [0, 0.1) is 0 Å². The number of amides is 1. The van der Waals surface area contributed by atoms with E-state index in [1.54, 1.807) is 13.3 Å². The van der Waals surface area contributed by atoms with Crippen molar-refractivity contribution in [3.8, 4) is 11.5 Å². The maximum atomic E-state index is 11.9. The van der Waals surface area contributed by atoms with Crippen LogP contribution >= 0.6 is 0 Å². The lowest BCUT2D eigenvalue weighted by molar-refractivity contribution is -0.123. The van der Waals surface area contributed by atoms with Gasteiger partial charge in [0.15, 0.2) is 6.61 Å². The monoisotopic (exact) mass is 336 g/mol. The molecule has 0 aliphatic heterocycles. The Morgan fingerprint density at radius 1 is 1.12 bits per heavy atom. The number of para-hydroxylation sites is 1. The molecule has 0 unspecified atom stereocenters. The largest absolute Gasteiger partial charge is 0.496 e. The van der Waals surface area contributed by atoms with Crippen molar-refractivity contribution in [3.05, 3.63) is 66.4 Å². The van der Waals surface area contributed by atoms with Gasteiger partial charge in [-0.1, -0.05) is 24.3 Å². The molecule has 0 saturated heterocycles. The fraction of sp³-hybridized carbons (Fsp3) is 0.200. The van der Waals surface area contributed by atoms with Crippen LogP contribution in [0.15, 0.2) is 60.8 Å². The third-order valence-electron chi connectivity index (χ3n) is 3.85. The topological polar surface area (TPSA) is 60.5 Å². The minimum absolute atomic E-state index is 0.0162. The molecule has 0 saturated carbocycles. The summed E-state index contributed by atoms with van der Waals surface area (Å²) in [5, 5.41) is 3.84. The van der Waals surface area contributed by atoms with Crippen molar-refractivity contribution in [1.82, 2.24) is 10.3 Å². The van der Waals surface area contributed by atoms with Crippen molar-refractivity contribution in [1.29, 1.82) is 0 Å². The van der Waals surface area contributed by atoms with Gasteiger partial charge in [0.1, 0.15) is 11.5 Å². The fourth-order valence-electron chi connectivity index (χ4n) is 2.59. The van der Waals surface area contributed by atoms with Crippen molar-refractivity contribution in [2.45, 2.75) is 6.42 Å². The standard InChI is InChI=1S/C20H20N2O3/c1-24-19-7-3-2-5-15(19)10-12-22-20(23)14-25-17-8-9-18-16(13-17)6-4-11-21-18/h2-9,11,13H,10,12,14H2,1H3,(H,22,23). The molecular formula is C20H20N2O3. The summed E-state index contributed by atoms with van der Waals surface area (Å²) in [6, 6.07) is 17.2. The molecule has 3 rings (SSSR count). The number of ether oxygens (including phenoxy) is 2. The van der Waals surface area contributed by atoms with Crippen LogP contribution < -0.4 is 14.8 Å². The number of benzene rings is 2. The van der Waals surface area contributed by atoms with Crippen molar-refractivity contribution in [3.63, 3.8) is 0 Å². The van der Waals surface area contributed by atoms with Gasteiger partial charge < -0.3 is 14.8 Å². The van der Waals surface area contributed by atoms with Crippen LogP contribution in [-0.2, 0) is 11.2 Å². The quantitative estimate of drug-likeness (QED) is 0.720. The van der Waals surface area contributed by atoms with Gasteiger partial charge in [-0.05, 0) is 42.3 Å². The number of carbonyl (C=O) groups excluding carboxylic acids is 1. The van der Waals surface area contributed by atoms with E-state index in [4.69, 9.17) is 9.47 Å². The van der Waals surface area contributed by atoms with Gasteiger partial charge in [0, 0.05) is 18.1 Å². The maximum Gasteiger partial charge on any atom is 0.257 e. The zero-order chi connectivity index (χ0) is 17.5. The number of aromatic nitrogens is 1. The van der Waals surface area contributed by atoms with Gasteiger partial charge in [-0.2, -0.15) is 0 Å². The molecule has 5 heteroatoms. The Bertz CT molecular complexity index is 864. The predicted octanol–water partition coefficient (Wildman–Crippen LogP) is 2.98. The van der Waals surface area contributed by atoms with Crippen LogP contribution in [0.25, 0.3) is 10.9 Å². The van der Waals surface area contributed by atoms with E-state index in [-0.39, 0.29) is 12.5 Å². The number of carbonyl (C=O) groups is 1. The number of methoxy groups -OCH3 is 1. The summed E-state index contributed by atoms with van der Waals surface area (Å²) >= 11 is 0. The van der Waals surface area contributed by atoms with E-state index >= 15 is 0 Å². The molecule has 0 aliphatic rings. The molecule has 2 aromatic carbocycles. The van der Waals surface area contributed by atoms with Gasteiger partial charge >= 0.3 is 0 Å². The summed E-state index contributed by atoms with van der Waals surface area (Å²) < 4.78 is 10.9. The van der Waals surface area contributed by atoms with Crippen LogP contribution in [0.2, 0.25) is 0 Å². The molecule has 1 heterocycles. The average molecular weight is 336 g/mol. The van der Waals surface area contributed by atoms with Crippen LogP contribution in [0.5, 0.6) is 11.5 Å². The second-order valence-electron chi connectivity index (χ2n) is 5.56. The Labute approximate surface area is 146 Å². The molecule has 0 radical (unpaired) electrons. The van der Waals surface area contributed by atoms with Gasteiger partial charge in [0.25, 0.3) is 5.91 Å². The van der Waals surface area contributed by atoms with Crippen molar-refractivity contribution < 1.29 is 14.3 Å². The minimum atomic E-state index is -0.152. The first-order chi connectivity index (χ1) is 12.3. The van der Waals surface area contributed by atoms with Crippen LogP contribution in [0.1, 0.15) is 5.56 Å². The van der Waals surface area contributed by atoms with E-state index in [1.807, 2.05) is 54.6 Å². The summed E-state index contributed by atoms with van der Waals surface area (Å²) in [5.41, 5.74) is 1.96. The zero-order valence-corrected chi connectivity index (χ0v) is 14.1. The summed E-state index contributed by atoms with van der Waals surface area (Å²) in [6.45, 7) is 0.516. The van der Waals surface area contributed by atoms with Gasteiger partial charge in [0.2, 0.25) is 0 Å². The normalized spacial score (nSPS) is 10.4. The Morgan fingerprint density at radius 2 is 2.00 bits per heavy atom. The molecule has 0 spiro atoms.